The summed E-state index contributed by atoms with van der Waals surface area (Å²) in [6.45, 7) is 2.97. The van der Waals surface area contributed by atoms with Crippen molar-refractivity contribution in [3.8, 4) is 0 Å². The Morgan fingerprint density at radius 3 is 2.91 bits per heavy atom. The lowest BCUT2D eigenvalue weighted by atomic mass is 10.1. The van der Waals surface area contributed by atoms with E-state index >= 15 is 0 Å². The molecule has 1 saturated heterocycles. The Kier molecular flexibility index (Phi) is 4.99. The van der Waals surface area contributed by atoms with Crippen molar-refractivity contribution in [1.29, 1.82) is 0 Å². The molecule has 23 heavy (non-hydrogen) atoms. The van der Waals surface area contributed by atoms with Gasteiger partial charge in [0.25, 0.3) is 5.91 Å². The van der Waals surface area contributed by atoms with Crippen molar-refractivity contribution in [3.63, 3.8) is 0 Å². The van der Waals surface area contributed by atoms with Crippen molar-refractivity contribution >= 4 is 27.3 Å². The Bertz CT molecular complexity index is 649. The monoisotopic (exact) mass is 332 g/mol. The van der Waals surface area contributed by atoms with E-state index in [0.29, 0.717) is 6.04 Å². The van der Waals surface area contributed by atoms with Gasteiger partial charge in [-0.15, -0.1) is 11.3 Å². The third-order valence-corrected chi connectivity index (χ3v) is 5.65. The van der Waals surface area contributed by atoms with Gasteiger partial charge in [0.2, 0.25) is 0 Å². The van der Waals surface area contributed by atoms with Crippen LogP contribution < -0.4 is 5.32 Å². The first-order valence-corrected chi connectivity index (χ1v) is 8.94. The number of nitrogens with one attached hydrogen (secondary N) is 1. The van der Waals surface area contributed by atoms with E-state index in [2.05, 4.69) is 42.6 Å². The molecule has 124 valence electrons. The highest BCUT2D eigenvalue weighted by Crippen LogP contribution is 2.30. The number of hydrogen-bond acceptors (Lipinski definition) is 4. The molecule has 0 radical (unpaired) electrons. The van der Waals surface area contributed by atoms with Crippen molar-refractivity contribution in [2.24, 2.45) is 0 Å². The van der Waals surface area contributed by atoms with Gasteiger partial charge in [0.05, 0.1) is 6.10 Å². The van der Waals surface area contributed by atoms with Crippen LogP contribution in [0.4, 0.5) is 0 Å². The molecule has 1 aliphatic rings. The van der Waals surface area contributed by atoms with Crippen LogP contribution in [0, 0.1) is 0 Å². The largest absolute Gasteiger partial charge is 0.364 e. The van der Waals surface area contributed by atoms with E-state index in [1.54, 1.807) is 19.0 Å². The lowest BCUT2D eigenvalue weighted by Gasteiger charge is -2.19. The Hall–Kier alpha value is -1.43. The molecule has 0 unspecified atom stereocenters. The summed E-state index contributed by atoms with van der Waals surface area (Å²) in [5.74, 6) is 0.0741. The second-order valence-corrected chi connectivity index (χ2v) is 7.49. The van der Waals surface area contributed by atoms with E-state index in [1.165, 1.54) is 15.0 Å². The number of carbonyl (C=O) groups excluding carboxylic acids is 1. The minimum Gasteiger partial charge on any atom is -0.364 e. The van der Waals surface area contributed by atoms with Crippen LogP contribution in [-0.4, -0.2) is 43.7 Å². The number of amides is 1. The third-order valence-electron chi connectivity index (χ3n) is 4.35. The number of likely N-dealkylation sites (N-methyl/N-ethyl adjacent to an activating group) is 1. The fourth-order valence-electron chi connectivity index (χ4n) is 2.95. The van der Waals surface area contributed by atoms with Crippen molar-refractivity contribution < 1.29 is 9.53 Å². The van der Waals surface area contributed by atoms with Crippen LogP contribution in [-0.2, 0) is 9.53 Å². The minimum atomic E-state index is -0.267. The summed E-state index contributed by atoms with van der Waals surface area (Å²) in [6, 6.07) is 11.0. The summed E-state index contributed by atoms with van der Waals surface area (Å²) < 4.78 is 7.20. The smallest absolute Gasteiger partial charge is 0.251 e. The van der Waals surface area contributed by atoms with Gasteiger partial charge >= 0.3 is 0 Å². The van der Waals surface area contributed by atoms with Crippen molar-refractivity contribution in [2.75, 3.05) is 20.6 Å². The zero-order chi connectivity index (χ0) is 16.4. The summed E-state index contributed by atoms with van der Waals surface area (Å²) in [4.78, 5) is 14.9. The SMILES string of the molecule is C[C@H](NC[C@@H]1CC[C@@H](C(=O)N(C)C)O1)c1cc2ccccc2s1. The van der Waals surface area contributed by atoms with Gasteiger partial charge in [-0.25, -0.2) is 0 Å². The molecule has 1 aromatic carbocycles. The first-order chi connectivity index (χ1) is 11.0. The number of hydrogen-bond donors (Lipinski definition) is 1. The number of benzene rings is 1. The molecule has 1 aromatic heterocycles. The summed E-state index contributed by atoms with van der Waals surface area (Å²) >= 11 is 1.83. The first-order valence-electron chi connectivity index (χ1n) is 8.13. The van der Waals surface area contributed by atoms with E-state index in [0.717, 1.165) is 19.4 Å². The molecular formula is C18H24N2O2S. The summed E-state index contributed by atoms with van der Waals surface area (Å²) in [6.07, 6.45) is 1.62. The number of carbonyl (C=O) groups is 1. The quantitative estimate of drug-likeness (QED) is 0.914. The normalized spacial score (nSPS) is 22.4. The molecule has 0 bridgehead atoms. The van der Waals surface area contributed by atoms with E-state index in [4.69, 9.17) is 4.74 Å². The van der Waals surface area contributed by atoms with Crippen LogP contribution in [0.15, 0.2) is 30.3 Å². The zero-order valence-electron chi connectivity index (χ0n) is 13.9. The van der Waals surface area contributed by atoms with Gasteiger partial charge in [-0.3, -0.25) is 4.79 Å². The molecule has 1 aliphatic heterocycles. The van der Waals surface area contributed by atoms with Gasteiger partial charge in [-0.1, -0.05) is 18.2 Å². The average molecular weight is 332 g/mol. The van der Waals surface area contributed by atoms with Crippen molar-refractivity contribution in [1.82, 2.24) is 10.2 Å². The Balaban J connectivity index is 1.53. The fourth-order valence-corrected chi connectivity index (χ4v) is 4.04. The molecular weight excluding hydrogens is 308 g/mol. The maximum atomic E-state index is 11.9. The molecule has 2 aromatic rings. The lowest BCUT2D eigenvalue weighted by molar-refractivity contribution is -0.140. The first kappa shape index (κ1) is 16.4. The highest BCUT2D eigenvalue weighted by Gasteiger charge is 2.31. The molecule has 5 heteroatoms. The molecule has 0 aliphatic carbocycles. The molecule has 4 nitrogen and oxygen atoms in total. The van der Waals surface area contributed by atoms with Crippen molar-refractivity contribution in [3.05, 3.63) is 35.2 Å². The fraction of sp³-hybridized carbons (Fsp3) is 0.500. The van der Waals surface area contributed by atoms with E-state index in [-0.39, 0.29) is 18.1 Å². The van der Waals surface area contributed by atoms with Crippen molar-refractivity contribution in [2.45, 2.75) is 38.0 Å². The van der Waals surface area contributed by atoms with Gasteiger partial charge in [0.15, 0.2) is 0 Å². The number of ether oxygens (including phenoxy) is 1. The van der Waals surface area contributed by atoms with Crippen LogP contribution in [0.5, 0.6) is 0 Å². The van der Waals surface area contributed by atoms with E-state index in [9.17, 15) is 4.79 Å². The van der Waals surface area contributed by atoms with E-state index in [1.807, 2.05) is 11.3 Å². The molecule has 0 saturated carbocycles. The highest BCUT2D eigenvalue weighted by atomic mass is 32.1. The molecule has 0 spiro atoms. The highest BCUT2D eigenvalue weighted by molar-refractivity contribution is 7.19. The predicted octanol–water partition coefficient (Wildman–Crippen LogP) is 3.19. The Morgan fingerprint density at radius 2 is 2.17 bits per heavy atom. The predicted molar refractivity (Wildman–Crippen MR) is 94.8 cm³/mol. The van der Waals surface area contributed by atoms with Crippen LogP contribution in [0.3, 0.4) is 0 Å². The molecule has 1 amide bonds. The summed E-state index contributed by atoms with van der Waals surface area (Å²) in [5, 5.41) is 4.85. The van der Waals surface area contributed by atoms with Crippen LogP contribution in [0.1, 0.15) is 30.7 Å². The number of fused-ring (bicyclic) bond motifs is 1. The second-order valence-electron chi connectivity index (χ2n) is 6.37. The Labute approximate surface area is 141 Å². The van der Waals surface area contributed by atoms with E-state index < -0.39 is 0 Å². The van der Waals surface area contributed by atoms with Gasteiger partial charge in [0, 0.05) is 36.3 Å². The maximum Gasteiger partial charge on any atom is 0.251 e. The van der Waals surface area contributed by atoms with Gasteiger partial charge in [-0.2, -0.15) is 0 Å². The van der Waals surface area contributed by atoms with Gasteiger partial charge in [0.1, 0.15) is 6.10 Å². The molecule has 3 rings (SSSR count). The third kappa shape index (κ3) is 3.74. The van der Waals surface area contributed by atoms with Gasteiger partial charge < -0.3 is 15.0 Å². The topological polar surface area (TPSA) is 41.6 Å². The molecule has 2 heterocycles. The second kappa shape index (κ2) is 6.99. The van der Waals surface area contributed by atoms with Gasteiger partial charge in [-0.05, 0) is 37.3 Å². The standard InChI is InChI=1S/C18H24N2O2S/c1-12(17-10-13-6-4-5-7-16(13)23-17)19-11-14-8-9-15(22-14)18(21)20(2)3/h4-7,10,12,14-15,19H,8-9,11H2,1-3H3/t12-,14-,15-/m0/s1. The number of rotatable bonds is 5. The summed E-state index contributed by atoms with van der Waals surface area (Å²) in [7, 11) is 3.56. The average Bonchev–Trinajstić information content (AvgIpc) is 3.18. The molecule has 1 N–H and O–H groups in total. The Morgan fingerprint density at radius 1 is 1.39 bits per heavy atom. The molecule has 3 atom stereocenters. The maximum absolute atomic E-state index is 11.9. The zero-order valence-corrected chi connectivity index (χ0v) is 14.7. The lowest BCUT2D eigenvalue weighted by Crippen LogP contribution is -2.35. The summed E-state index contributed by atoms with van der Waals surface area (Å²) in [5.41, 5.74) is 0. The van der Waals surface area contributed by atoms with Crippen LogP contribution >= 0.6 is 11.3 Å². The minimum absolute atomic E-state index is 0.0741. The number of thiophene rings is 1. The van der Waals surface area contributed by atoms with Crippen LogP contribution in [0.25, 0.3) is 10.1 Å². The molecule has 1 fully saturated rings. The number of nitrogens with zero attached hydrogens (tertiary/aromatic N) is 1. The van der Waals surface area contributed by atoms with Crippen LogP contribution in [0.2, 0.25) is 0 Å².